The third kappa shape index (κ3) is 5.17. The molecule has 0 aliphatic carbocycles. The molecular weight excluding hydrogens is 439 g/mol. The van der Waals surface area contributed by atoms with Gasteiger partial charge in [0.25, 0.3) is 5.22 Å². The number of aromatic nitrogens is 2. The maximum absolute atomic E-state index is 6.21. The summed E-state index contributed by atoms with van der Waals surface area (Å²) in [6.45, 7) is 2.43. The van der Waals surface area contributed by atoms with E-state index in [1.165, 1.54) is 22.9 Å². The van der Waals surface area contributed by atoms with Gasteiger partial charge in [-0.3, -0.25) is 0 Å². The van der Waals surface area contributed by atoms with Crippen molar-refractivity contribution in [2.45, 2.75) is 24.5 Å². The summed E-state index contributed by atoms with van der Waals surface area (Å²) >= 11 is 13.7. The molecule has 1 heterocycles. The average molecular weight is 457 g/mol. The molecule has 0 radical (unpaired) electrons. The quantitative estimate of drug-likeness (QED) is 0.274. The third-order valence-corrected chi connectivity index (χ3v) is 5.96. The number of ether oxygens (including phenoxy) is 1. The fraction of sp³-hybridized carbons (Fsp3) is 0.130. The van der Waals surface area contributed by atoms with Crippen LogP contribution in [0.25, 0.3) is 11.5 Å². The van der Waals surface area contributed by atoms with Gasteiger partial charge in [-0.15, -0.1) is 10.2 Å². The van der Waals surface area contributed by atoms with Gasteiger partial charge in [0.15, 0.2) is 0 Å². The molecular formula is C23H18Cl2N2O2S. The molecule has 0 saturated heterocycles. The number of benzene rings is 3. The van der Waals surface area contributed by atoms with E-state index in [4.69, 9.17) is 32.4 Å². The van der Waals surface area contributed by atoms with Crippen LogP contribution in [0.2, 0.25) is 10.0 Å². The van der Waals surface area contributed by atoms with Crippen LogP contribution in [-0.4, -0.2) is 10.2 Å². The Hall–Kier alpha value is -2.47. The van der Waals surface area contributed by atoms with Gasteiger partial charge in [0.2, 0.25) is 5.89 Å². The first-order valence-corrected chi connectivity index (χ1v) is 11.0. The molecule has 30 heavy (non-hydrogen) atoms. The van der Waals surface area contributed by atoms with Crippen LogP contribution >= 0.6 is 35.0 Å². The highest BCUT2D eigenvalue weighted by molar-refractivity contribution is 7.98. The number of thioether (sulfide) groups is 1. The molecule has 0 fully saturated rings. The van der Waals surface area contributed by atoms with Gasteiger partial charge >= 0.3 is 0 Å². The molecule has 0 spiro atoms. The summed E-state index contributed by atoms with van der Waals surface area (Å²) in [6, 6.07) is 21.1. The Morgan fingerprint density at radius 3 is 2.63 bits per heavy atom. The van der Waals surface area contributed by atoms with E-state index in [2.05, 4.69) is 29.3 Å². The zero-order chi connectivity index (χ0) is 20.9. The fourth-order valence-corrected chi connectivity index (χ4v) is 4.12. The molecule has 0 atom stereocenters. The van der Waals surface area contributed by atoms with Gasteiger partial charge in [0.1, 0.15) is 12.4 Å². The van der Waals surface area contributed by atoms with Crippen molar-refractivity contribution in [3.63, 3.8) is 0 Å². The summed E-state index contributed by atoms with van der Waals surface area (Å²) in [6.07, 6.45) is 0. The standard InChI is InChI=1S/C23H18Cl2N2O2S/c1-15-5-2-3-6-18(15)14-30-23-27-26-22(29-23)16-7-4-8-20(11-16)28-13-17-9-10-19(24)12-21(17)25/h2-12H,13-14H2,1H3. The van der Waals surface area contributed by atoms with Gasteiger partial charge in [-0.25, -0.2) is 0 Å². The summed E-state index contributed by atoms with van der Waals surface area (Å²) in [7, 11) is 0. The van der Waals surface area contributed by atoms with Crippen molar-refractivity contribution in [3.8, 4) is 17.2 Å². The number of rotatable bonds is 7. The first-order valence-electron chi connectivity index (χ1n) is 9.26. The van der Waals surface area contributed by atoms with Gasteiger partial charge in [0.05, 0.1) is 0 Å². The van der Waals surface area contributed by atoms with E-state index in [-0.39, 0.29) is 0 Å². The second-order valence-electron chi connectivity index (χ2n) is 6.64. The minimum atomic E-state index is 0.334. The Labute approximate surface area is 189 Å². The van der Waals surface area contributed by atoms with Crippen molar-refractivity contribution in [1.29, 1.82) is 0 Å². The first-order chi connectivity index (χ1) is 14.6. The summed E-state index contributed by atoms with van der Waals surface area (Å²) in [5.74, 6) is 1.92. The van der Waals surface area contributed by atoms with E-state index in [0.717, 1.165) is 16.9 Å². The van der Waals surface area contributed by atoms with Gasteiger partial charge in [-0.2, -0.15) is 0 Å². The minimum Gasteiger partial charge on any atom is -0.489 e. The lowest BCUT2D eigenvalue weighted by molar-refractivity contribution is 0.306. The predicted molar refractivity (Wildman–Crippen MR) is 121 cm³/mol. The predicted octanol–water partition coefficient (Wildman–Crippen LogP) is 7.22. The highest BCUT2D eigenvalue weighted by atomic mass is 35.5. The lowest BCUT2D eigenvalue weighted by atomic mass is 10.1. The van der Waals surface area contributed by atoms with Crippen molar-refractivity contribution >= 4 is 35.0 Å². The maximum Gasteiger partial charge on any atom is 0.277 e. The van der Waals surface area contributed by atoms with Crippen molar-refractivity contribution in [2.75, 3.05) is 0 Å². The molecule has 3 aromatic carbocycles. The number of hydrogen-bond donors (Lipinski definition) is 0. The molecule has 0 unspecified atom stereocenters. The monoisotopic (exact) mass is 456 g/mol. The molecule has 152 valence electrons. The van der Waals surface area contributed by atoms with Crippen LogP contribution in [0.4, 0.5) is 0 Å². The van der Waals surface area contributed by atoms with Crippen LogP contribution in [0.5, 0.6) is 5.75 Å². The summed E-state index contributed by atoms with van der Waals surface area (Å²) in [5.41, 5.74) is 4.15. The zero-order valence-electron chi connectivity index (χ0n) is 16.1. The number of aryl methyl sites for hydroxylation is 1. The lowest BCUT2D eigenvalue weighted by Crippen LogP contribution is -1.96. The average Bonchev–Trinajstić information content (AvgIpc) is 3.22. The summed E-state index contributed by atoms with van der Waals surface area (Å²) in [4.78, 5) is 0. The van der Waals surface area contributed by atoms with Crippen molar-refractivity contribution in [2.24, 2.45) is 0 Å². The molecule has 4 nitrogen and oxygen atoms in total. The highest BCUT2D eigenvalue weighted by Crippen LogP contribution is 2.29. The molecule has 0 N–H and O–H groups in total. The van der Waals surface area contributed by atoms with Gasteiger partial charge in [-0.05, 0) is 48.4 Å². The first kappa shape index (κ1) is 20.8. The number of nitrogens with zero attached hydrogens (tertiary/aromatic N) is 2. The number of hydrogen-bond acceptors (Lipinski definition) is 5. The Balaban J connectivity index is 1.42. The fourth-order valence-electron chi connectivity index (χ4n) is 2.82. The molecule has 0 amide bonds. The van der Waals surface area contributed by atoms with Crippen LogP contribution in [0.1, 0.15) is 16.7 Å². The Bertz CT molecular complexity index is 1160. The topological polar surface area (TPSA) is 48.2 Å². The normalized spacial score (nSPS) is 10.9. The van der Waals surface area contributed by atoms with E-state index in [1.807, 2.05) is 42.5 Å². The highest BCUT2D eigenvalue weighted by Gasteiger charge is 2.11. The van der Waals surface area contributed by atoms with Crippen LogP contribution < -0.4 is 4.74 Å². The second-order valence-corrected chi connectivity index (χ2v) is 8.41. The SMILES string of the molecule is Cc1ccccc1CSc1nnc(-c2cccc(OCc3ccc(Cl)cc3Cl)c2)o1. The molecule has 0 bridgehead atoms. The van der Waals surface area contributed by atoms with E-state index in [9.17, 15) is 0 Å². The van der Waals surface area contributed by atoms with Crippen LogP contribution in [0, 0.1) is 6.92 Å². The second kappa shape index (κ2) is 9.56. The van der Waals surface area contributed by atoms with Crippen molar-refractivity contribution < 1.29 is 9.15 Å². The van der Waals surface area contributed by atoms with Crippen molar-refractivity contribution in [1.82, 2.24) is 10.2 Å². The molecule has 0 aliphatic rings. The van der Waals surface area contributed by atoms with E-state index in [0.29, 0.717) is 33.5 Å². The Kier molecular flexibility index (Phi) is 6.62. The van der Waals surface area contributed by atoms with Crippen LogP contribution in [-0.2, 0) is 12.4 Å². The Morgan fingerprint density at radius 1 is 0.933 bits per heavy atom. The third-order valence-electron chi connectivity index (χ3n) is 4.51. The maximum atomic E-state index is 6.21. The lowest BCUT2D eigenvalue weighted by Gasteiger charge is -2.08. The van der Waals surface area contributed by atoms with E-state index < -0.39 is 0 Å². The minimum absolute atomic E-state index is 0.334. The van der Waals surface area contributed by atoms with Gasteiger partial charge in [-0.1, -0.05) is 71.4 Å². The summed E-state index contributed by atoms with van der Waals surface area (Å²) in [5, 5.41) is 10.0. The van der Waals surface area contributed by atoms with E-state index >= 15 is 0 Å². The number of halogens is 2. The molecule has 0 aliphatic heterocycles. The Morgan fingerprint density at radius 2 is 1.80 bits per heavy atom. The molecule has 0 saturated carbocycles. The largest absolute Gasteiger partial charge is 0.489 e. The van der Waals surface area contributed by atoms with E-state index in [1.54, 1.807) is 12.1 Å². The van der Waals surface area contributed by atoms with Crippen LogP contribution in [0.3, 0.4) is 0 Å². The van der Waals surface area contributed by atoms with Crippen LogP contribution in [0.15, 0.2) is 76.4 Å². The zero-order valence-corrected chi connectivity index (χ0v) is 18.5. The summed E-state index contributed by atoms with van der Waals surface area (Å²) < 4.78 is 11.7. The van der Waals surface area contributed by atoms with Crippen molar-refractivity contribution in [3.05, 3.63) is 93.5 Å². The van der Waals surface area contributed by atoms with Gasteiger partial charge in [0, 0.05) is 26.9 Å². The molecule has 1 aromatic heterocycles. The molecule has 4 rings (SSSR count). The smallest absolute Gasteiger partial charge is 0.277 e. The molecule has 7 heteroatoms. The molecule has 4 aromatic rings. The van der Waals surface area contributed by atoms with Gasteiger partial charge < -0.3 is 9.15 Å².